The Morgan fingerprint density at radius 3 is 2.86 bits per heavy atom. The van der Waals surface area contributed by atoms with Gasteiger partial charge in [-0.25, -0.2) is 9.99 Å². The van der Waals surface area contributed by atoms with Crippen molar-refractivity contribution in [2.24, 2.45) is 5.10 Å². The molecule has 0 saturated carbocycles. The van der Waals surface area contributed by atoms with Crippen molar-refractivity contribution in [2.45, 2.75) is 17.6 Å². The summed E-state index contributed by atoms with van der Waals surface area (Å²) in [5.74, 6) is 0.305. The van der Waals surface area contributed by atoms with Gasteiger partial charge in [0.15, 0.2) is 5.16 Å². The molecule has 0 bridgehead atoms. The highest BCUT2D eigenvalue weighted by molar-refractivity contribution is 7.99. The molecule has 5 rings (SSSR count). The number of hydrogen-bond acceptors (Lipinski definition) is 6. The molecule has 4 aromatic heterocycles. The first-order chi connectivity index (χ1) is 13.8. The molecule has 1 amide bonds. The molecule has 5 nitrogen and oxygen atoms in total. The zero-order valence-electron chi connectivity index (χ0n) is 14.8. The summed E-state index contributed by atoms with van der Waals surface area (Å²) in [6.07, 6.45) is 4.54. The van der Waals surface area contributed by atoms with E-state index in [1.165, 1.54) is 16.6 Å². The molecule has 0 aliphatic carbocycles. The molecule has 0 spiro atoms. The molecular formula is C20H16N4OS3. The summed E-state index contributed by atoms with van der Waals surface area (Å²) in [5, 5.41) is 11.3. The van der Waals surface area contributed by atoms with Gasteiger partial charge < -0.3 is 0 Å². The Morgan fingerprint density at radius 2 is 2.04 bits per heavy atom. The van der Waals surface area contributed by atoms with Crippen LogP contribution in [0.1, 0.15) is 22.2 Å². The van der Waals surface area contributed by atoms with Crippen molar-refractivity contribution < 1.29 is 4.79 Å². The summed E-state index contributed by atoms with van der Waals surface area (Å²) >= 11 is 4.78. The van der Waals surface area contributed by atoms with E-state index in [0.717, 1.165) is 27.7 Å². The Morgan fingerprint density at radius 1 is 1.14 bits per heavy atom. The standard InChI is InChI=1S/C20H16N4OS3/c25-19(13-28-20-21-12-14-5-1-2-8-23(14)20)24-16(18-7-4-10-27-18)11-15(22-24)17-6-3-9-26-17/h1-10,12,16H,11,13H2. The van der Waals surface area contributed by atoms with Crippen LogP contribution in [0.25, 0.3) is 5.52 Å². The third kappa shape index (κ3) is 3.28. The van der Waals surface area contributed by atoms with Crippen LogP contribution in [0.4, 0.5) is 0 Å². The number of amides is 1. The predicted molar refractivity (Wildman–Crippen MR) is 115 cm³/mol. The number of carbonyl (C=O) groups excluding carboxylic acids is 1. The minimum atomic E-state index is -0.0257. The highest BCUT2D eigenvalue weighted by Gasteiger charge is 2.34. The van der Waals surface area contributed by atoms with Gasteiger partial charge in [-0.3, -0.25) is 9.20 Å². The molecule has 1 aliphatic rings. The van der Waals surface area contributed by atoms with Gasteiger partial charge in [0.1, 0.15) is 0 Å². The quantitative estimate of drug-likeness (QED) is 0.427. The lowest BCUT2D eigenvalue weighted by Gasteiger charge is -2.20. The van der Waals surface area contributed by atoms with Gasteiger partial charge in [-0.05, 0) is 35.0 Å². The number of hydrogen-bond donors (Lipinski definition) is 0. The van der Waals surface area contributed by atoms with E-state index in [1.807, 2.05) is 57.9 Å². The number of rotatable bonds is 5. The number of pyridine rings is 1. The Hall–Kier alpha value is -2.42. The van der Waals surface area contributed by atoms with E-state index in [-0.39, 0.29) is 11.9 Å². The number of hydrazone groups is 1. The second-order valence-electron chi connectivity index (χ2n) is 6.32. The minimum absolute atomic E-state index is 0.00244. The van der Waals surface area contributed by atoms with Crippen LogP contribution < -0.4 is 0 Å². The average Bonchev–Trinajstić information content (AvgIpc) is 3.52. The number of thioether (sulfide) groups is 1. The minimum Gasteiger partial charge on any atom is -0.295 e. The topological polar surface area (TPSA) is 50.0 Å². The predicted octanol–water partition coefficient (Wildman–Crippen LogP) is 4.93. The van der Waals surface area contributed by atoms with Gasteiger partial charge in [-0.15, -0.1) is 22.7 Å². The smallest absolute Gasteiger partial charge is 0.253 e. The van der Waals surface area contributed by atoms with Crippen molar-refractivity contribution >= 4 is 51.6 Å². The Bertz CT molecular complexity index is 1130. The van der Waals surface area contributed by atoms with Crippen molar-refractivity contribution in [1.82, 2.24) is 14.4 Å². The third-order valence-corrected chi connectivity index (χ3v) is 7.42. The molecule has 28 heavy (non-hydrogen) atoms. The summed E-state index contributed by atoms with van der Waals surface area (Å²) < 4.78 is 2.00. The first-order valence-electron chi connectivity index (χ1n) is 8.81. The fourth-order valence-corrected chi connectivity index (χ4v) is 5.60. The van der Waals surface area contributed by atoms with E-state index in [4.69, 9.17) is 5.10 Å². The molecular weight excluding hydrogens is 408 g/mol. The highest BCUT2D eigenvalue weighted by Crippen LogP contribution is 2.36. The van der Waals surface area contributed by atoms with Crippen LogP contribution in [0.3, 0.4) is 0 Å². The van der Waals surface area contributed by atoms with Crippen LogP contribution in [0, 0.1) is 0 Å². The lowest BCUT2D eigenvalue weighted by atomic mass is 10.1. The van der Waals surface area contributed by atoms with E-state index in [0.29, 0.717) is 5.75 Å². The van der Waals surface area contributed by atoms with Gasteiger partial charge in [0, 0.05) is 17.5 Å². The van der Waals surface area contributed by atoms with Crippen LogP contribution in [0.15, 0.2) is 75.9 Å². The molecule has 8 heteroatoms. The van der Waals surface area contributed by atoms with Crippen LogP contribution in [0.2, 0.25) is 0 Å². The van der Waals surface area contributed by atoms with Crippen molar-refractivity contribution in [1.29, 1.82) is 0 Å². The van der Waals surface area contributed by atoms with Gasteiger partial charge in [0.25, 0.3) is 5.91 Å². The Balaban J connectivity index is 1.38. The van der Waals surface area contributed by atoms with E-state index in [2.05, 4.69) is 17.1 Å². The van der Waals surface area contributed by atoms with Crippen molar-refractivity contribution in [3.05, 3.63) is 75.4 Å². The van der Waals surface area contributed by atoms with Crippen molar-refractivity contribution in [2.75, 3.05) is 5.75 Å². The maximum Gasteiger partial charge on any atom is 0.253 e. The normalized spacial score (nSPS) is 16.6. The largest absolute Gasteiger partial charge is 0.295 e. The Kier molecular flexibility index (Phi) is 4.76. The molecule has 4 aromatic rings. The van der Waals surface area contributed by atoms with Crippen LogP contribution in [-0.2, 0) is 4.79 Å². The molecule has 140 valence electrons. The van der Waals surface area contributed by atoms with Crippen LogP contribution in [-0.4, -0.2) is 31.8 Å². The molecule has 0 radical (unpaired) electrons. The summed E-state index contributed by atoms with van der Waals surface area (Å²) in [4.78, 5) is 19.8. The van der Waals surface area contributed by atoms with E-state index >= 15 is 0 Å². The molecule has 1 atom stereocenters. The van der Waals surface area contributed by atoms with E-state index in [9.17, 15) is 4.79 Å². The maximum absolute atomic E-state index is 13.1. The average molecular weight is 425 g/mol. The molecule has 0 saturated heterocycles. The number of imidazole rings is 1. The molecule has 1 aliphatic heterocycles. The summed E-state index contributed by atoms with van der Waals surface area (Å²) in [7, 11) is 0. The maximum atomic E-state index is 13.1. The molecule has 0 N–H and O–H groups in total. The fraction of sp³-hybridized carbons (Fsp3) is 0.150. The van der Waals surface area contributed by atoms with Crippen molar-refractivity contribution in [3.63, 3.8) is 0 Å². The highest BCUT2D eigenvalue weighted by atomic mass is 32.2. The third-order valence-electron chi connectivity index (χ3n) is 4.57. The van der Waals surface area contributed by atoms with Crippen molar-refractivity contribution in [3.8, 4) is 0 Å². The second kappa shape index (κ2) is 7.54. The fourth-order valence-electron chi connectivity index (χ4n) is 3.25. The second-order valence-corrected chi connectivity index (χ2v) is 9.19. The monoisotopic (exact) mass is 424 g/mol. The van der Waals surface area contributed by atoms with Crippen LogP contribution in [0.5, 0.6) is 0 Å². The molecule has 0 fully saturated rings. The molecule has 0 aromatic carbocycles. The number of thiophene rings is 2. The Labute approximate surface area is 174 Å². The van der Waals surface area contributed by atoms with Gasteiger partial charge in [-0.1, -0.05) is 30.0 Å². The number of nitrogens with zero attached hydrogens (tertiary/aromatic N) is 4. The zero-order valence-corrected chi connectivity index (χ0v) is 17.2. The van der Waals surface area contributed by atoms with Gasteiger partial charge in [0.05, 0.1) is 34.1 Å². The SMILES string of the molecule is O=C(CSc1ncc2ccccn12)N1N=C(c2cccs2)CC1c1cccs1. The van der Waals surface area contributed by atoms with E-state index < -0.39 is 0 Å². The lowest BCUT2D eigenvalue weighted by molar-refractivity contribution is -0.130. The zero-order chi connectivity index (χ0) is 18.9. The summed E-state index contributed by atoms with van der Waals surface area (Å²) in [5.41, 5.74) is 2.01. The van der Waals surface area contributed by atoms with Gasteiger partial charge in [-0.2, -0.15) is 5.10 Å². The van der Waals surface area contributed by atoms with E-state index in [1.54, 1.807) is 27.7 Å². The van der Waals surface area contributed by atoms with Crippen LogP contribution >= 0.6 is 34.4 Å². The number of carbonyl (C=O) groups is 1. The number of fused-ring (bicyclic) bond motifs is 1. The summed E-state index contributed by atoms with van der Waals surface area (Å²) in [6, 6.07) is 14.1. The first-order valence-corrected chi connectivity index (χ1v) is 11.6. The van der Waals surface area contributed by atoms with Gasteiger partial charge >= 0.3 is 0 Å². The summed E-state index contributed by atoms with van der Waals surface area (Å²) in [6.45, 7) is 0. The first kappa shape index (κ1) is 17.7. The molecule has 1 unspecified atom stereocenters. The molecule has 5 heterocycles. The van der Waals surface area contributed by atoms with Gasteiger partial charge in [0.2, 0.25) is 0 Å². The number of aromatic nitrogens is 2. The lowest BCUT2D eigenvalue weighted by Crippen LogP contribution is -2.28.